The summed E-state index contributed by atoms with van der Waals surface area (Å²) in [6.45, 7) is 8.75. The molecule has 0 fully saturated rings. The molecule has 32 heavy (non-hydrogen) atoms. The number of para-hydroxylation sites is 1. The molecule has 1 N–H and O–H groups in total. The predicted octanol–water partition coefficient (Wildman–Crippen LogP) is 4.83. The van der Waals surface area contributed by atoms with Gasteiger partial charge in [-0.1, -0.05) is 23.9 Å². The van der Waals surface area contributed by atoms with Gasteiger partial charge in [0.05, 0.1) is 23.1 Å². The standard InChI is InChI=1S/C22H24FN3O5S/c1-6-29-21(28)17-11(2)18(24-12(17)3)19(27)14(5)32-22-26-25-20(31-22)13(4)30-16-10-8-7-9-15(16)23/h7-10,13-14,24H,6H2,1-5H3/t13-,14-/m1/s1. The highest BCUT2D eigenvalue weighted by Crippen LogP contribution is 2.30. The van der Waals surface area contributed by atoms with Gasteiger partial charge in [-0.2, -0.15) is 0 Å². The number of esters is 1. The number of nitrogens with one attached hydrogen (secondary N) is 1. The normalized spacial score (nSPS) is 12.9. The molecule has 1 aromatic carbocycles. The van der Waals surface area contributed by atoms with Crippen LogP contribution in [0.3, 0.4) is 0 Å². The Hall–Kier alpha value is -3.14. The summed E-state index contributed by atoms with van der Waals surface area (Å²) in [5, 5.41) is 7.50. The lowest BCUT2D eigenvalue weighted by Gasteiger charge is -2.11. The number of H-pyrrole nitrogens is 1. The molecule has 0 aliphatic carbocycles. The van der Waals surface area contributed by atoms with Crippen molar-refractivity contribution in [1.82, 2.24) is 15.2 Å². The van der Waals surface area contributed by atoms with Crippen molar-refractivity contribution in [3.05, 3.63) is 58.5 Å². The summed E-state index contributed by atoms with van der Waals surface area (Å²) in [6, 6.07) is 6.02. The van der Waals surface area contributed by atoms with E-state index in [4.69, 9.17) is 13.9 Å². The number of rotatable bonds is 9. The van der Waals surface area contributed by atoms with Crippen molar-refractivity contribution >= 4 is 23.5 Å². The van der Waals surface area contributed by atoms with Crippen LogP contribution in [0.1, 0.15) is 64.9 Å². The maximum atomic E-state index is 13.8. The van der Waals surface area contributed by atoms with E-state index in [0.29, 0.717) is 22.5 Å². The van der Waals surface area contributed by atoms with Crippen LogP contribution in [0, 0.1) is 19.7 Å². The van der Waals surface area contributed by atoms with E-state index in [1.807, 2.05) is 0 Å². The second kappa shape index (κ2) is 9.99. The number of aromatic nitrogens is 3. The fourth-order valence-corrected chi connectivity index (χ4v) is 3.88. The van der Waals surface area contributed by atoms with Gasteiger partial charge in [0.2, 0.25) is 0 Å². The molecule has 2 atom stereocenters. The van der Waals surface area contributed by atoms with Crippen LogP contribution in [0.5, 0.6) is 5.75 Å². The highest BCUT2D eigenvalue weighted by molar-refractivity contribution is 8.00. The van der Waals surface area contributed by atoms with Crippen LogP contribution in [0.15, 0.2) is 33.9 Å². The smallest absolute Gasteiger partial charge is 0.340 e. The van der Waals surface area contributed by atoms with E-state index in [2.05, 4.69) is 15.2 Å². The molecule has 0 unspecified atom stereocenters. The molecule has 2 heterocycles. The molecular weight excluding hydrogens is 437 g/mol. The number of hydrogen-bond acceptors (Lipinski definition) is 8. The van der Waals surface area contributed by atoms with E-state index in [1.54, 1.807) is 46.8 Å². The minimum Gasteiger partial charge on any atom is -0.478 e. The van der Waals surface area contributed by atoms with E-state index >= 15 is 0 Å². The number of benzene rings is 1. The summed E-state index contributed by atoms with van der Waals surface area (Å²) < 4.78 is 30.0. The molecule has 0 saturated heterocycles. The van der Waals surface area contributed by atoms with Gasteiger partial charge in [0.1, 0.15) is 0 Å². The first-order valence-electron chi connectivity index (χ1n) is 10.0. The Morgan fingerprint density at radius 1 is 1.22 bits per heavy atom. The summed E-state index contributed by atoms with van der Waals surface area (Å²) in [7, 11) is 0. The van der Waals surface area contributed by atoms with Gasteiger partial charge < -0.3 is 18.9 Å². The number of nitrogens with zero attached hydrogens (tertiary/aromatic N) is 2. The van der Waals surface area contributed by atoms with Crippen LogP contribution in [0.4, 0.5) is 4.39 Å². The topological polar surface area (TPSA) is 107 Å². The largest absolute Gasteiger partial charge is 0.478 e. The molecule has 3 aromatic rings. The minimum absolute atomic E-state index is 0.0749. The van der Waals surface area contributed by atoms with Gasteiger partial charge in [0, 0.05) is 5.69 Å². The lowest BCUT2D eigenvalue weighted by atomic mass is 10.1. The fourth-order valence-electron chi connectivity index (χ4n) is 3.13. The lowest BCUT2D eigenvalue weighted by molar-refractivity contribution is 0.0525. The third-order valence-electron chi connectivity index (χ3n) is 4.72. The quantitative estimate of drug-likeness (QED) is 0.274. The number of Topliss-reactive ketones (excluding diaryl/α,β-unsaturated/α-hetero) is 1. The minimum atomic E-state index is -0.680. The van der Waals surface area contributed by atoms with Crippen LogP contribution in [-0.4, -0.2) is 38.8 Å². The summed E-state index contributed by atoms with van der Waals surface area (Å²) in [4.78, 5) is 28.1. The second-order valence-corrected chi connectivity index (χ2v) is 8.36. The summed E-state index contributed by atoms with van der Waals surface area (Å²) >= 11 is 1.08. The number of halogens is 1. The number of aromatic amines is 1. The van der Waals surface area contributed by atoms with Crippen LogP contribution in [-0.2, 0) is 4.74 Å². The maximum absolute atomic E-state index is 13.8. The lowest BCUT2D eigenvalue weighted by Crippen LogP contribution is -2.15. The van der Waals surface area contributed by atoms with Crippen molar-refractivity contribution in [1.29, 1.82) is 0 Å². The van der Waals surface area contributed by atoms with Gasteiger partial charge in [-0.25, -0.2) is 9.18 Å². The zero-order chi connectivity index (χ0) is 23.4. The molecule has 3 rings (SSSR count). The number of carbonyl (C=O) groups excluding carboxylic acids is 2. The van der Waals surface area contributed by atoms with Gasteiger partial charge in [-0.3, -0.25) is 4.79 Å². The number of aryl methyl sites for hydroxylation is 1. The molecule has 0 aliphatic heterocycles. The van der Waals surface area contributed by atoms with Gasteiger partial charge >= 0.3 is 5.97 Å². The number of hydrogen-bond donors (Lipinski definition) is 1. The van der Waals surface area contributed by atoms with Crippen molar-refractivity contribution in [2.75, 3.05) is 6.61 Å². The Morgan fingerprint density at radius 2 is 1.94 bits per heavy atom. The highest BCUT2D eigenvalue weighted by atomic mass is 32.2. The summed E-state index contributed by atoms with van der Waals surface area (Å²) in [6.07, 6.45) is -0.680. The highest BCUT2D eigenvalue weighted by Gasteiger charge is 2.28. The first-order valence-corrected chi connectivity index (χ1v) is 10.9. The van der Waals surface area contributed by atoms with Crippen molar-refractivity contribution < 1.29 is 27.9 Å². The van der Waals surface area contributed by atoms with E-state index in [9.17, 15) is 14.0 Å². The molecule has 2 aromatic heterocycles. The van der Waals surface area contributed by atoms with Gasteiger partial charge in [0.15, 0.2) is 23.5 Å². The van der Waals surface area contributed by atoms with Crippen molar-refractivity contribution in [3.63, 3.8) is 0 Å². The van der Waals surface area contributed by atoms with Crippen LogP contribution >= 0.6 is 11.8 Å². The Balaban J connectivity index is 1.69. The van der Waals surface area contributed by atoms with E-state index in [-0.39, 0.29) is 29.3 Å². The van der Waals surface area contributed by atoms with Gasteiger partial charge in [0.25, 0.3) is 11.1 Å². The van der Waals surface area contributed by atoms with Crippen molar-refractivity contribution in [3.8, 4) is 5.75 Å². The molecule has 0 aliphatic rings. The first-order chi connectivity index (χ1) is 15.2. The Labute approximate surface area is 188 Å². The zero-order valence-corrected chi connectivity index (χ0v) is 19.2. The maximum Gasteiger partial charge on any atom is 0.340 e. The van der Waals surface area contributed by atoms with Crippen LogP contribution in [0.25, 0.3) is 0 Å². The monoisotopic (exact) mass is 461 g/mol. The van der Waals surface area contributed by atoms with E-state index in [1.165, 1.54) is 12.1 Å². The van der Waals surface area contributed by atoms with Crippen molar-refractivity contribution in [2.45, 2.75) is 51.2 Å². The number of thioether (sulfide) groups is 1. The molecule has 170 valence electrons. The summed E-state index contributed by atoms with van der Waals surface area (Å²) in [5.41, 5.74) is 1.81. The SMILES string of the molecule is CCOC(=O)c1c(C)[nH]c(C(=O)[C@@H](C)Sc2nnc([C@@H](C)Oc3ccccc3F)o2)c1C. The zero-order valence-electron chi connectivity index (χ0n) is 18.4. The first kappa shape index (κ1) is 23.5. The Bertz CT molecular complexity index is 1130. The molecule has 0 bridgehead atoms. The average molecular weight is 462 g/mol. The third-order valence-corrected chi connectivity index (χ3v) is 5.65. The van der Waals surface area contributed by atoms with E-state index < -0.39 is 23.1 Å². The average Bonchev–Trinajstić information content (AvgIpc) is 3.33. The fraction of sp³-hybridized carbons (Fsp3) is 0.364. The molecular formula is C22H24FN3O5S. The van der Waals surface area contributed by atoms with Gasteiger partial charge in [-0.05, 0) is 52.3 Å². The molecule has 10 heteroatoms. The number of ketones is 1. The molecule has 0 spiro atoms. The van der Waals surface area contributed by atoms with Crippen LogP contribution in [0.2, 0.25) is 0 Å². The van der Waals surface area contributed by atoms with E-state index in [0.717, 1.165) is 11.8 Å². The number of carbonyl (C=O) groups is 2. The molecule has 0 saturated carbocycles. The Morgan fingerprint density at radius 3 is 2.62 bits per heavy atom. The second-order valence-electron chi connectivity index (χ2n) is 7.07. The summed E-state index contributed by atoms with van der Waals surface area (Å²) in [5.74, 6) is -0.950. The molecule has 0 amide bonds. The third kappa shape index (κ3) is 5.01. The number of ether oxygens (including phenoxy) is 2. The molecule has 8 nitrogen and oxygen atoms in total. The Kier molecular flexibility index (Phi) is 7.34. The predicted molar refractivity (Wildman–Crippen MR) is 116 cm³/mol. The van der Waals surface area contributed by atoms with Gasteiger partial charge in [-0.15, -0.1) is 10.2 Å². The van der Waals surface area contributed by atoms with Crippen LogP contribution < -0.4 is 4.74 Å². The molecule has 0 radical (unpaired) electrons. The van der Waals surface area contributed by atoms with Crippen molar-refractivity contribution in [2.24, 2.45) is 0 Å².